The number of hydrogen-bond acceptors (Lipinski definition) is 4. The van der Waals surface area contributed by atoms with E-state index in [9.17, 15) is 9.59 Å². The second kappa shape index (κ2) is 7.32. The first-order chi connectivity index (χ1) is 13.1. The van der Waals surface area contributed by atoms with Gasteiger partial charge in [-0.25, -0.2) is 4.98 Å². The van der Waals surface area contributed by atoms with E-state index in [-0.39, 0.29) is 23.1 Å². The van der Waals surface area contributed by atoms with E-state index < -0.39 is 0 Å². The predicted molar refractivity (Wildman–Crippen MR) is 104 cm³/mol. The molecule has 6 nitrogen and oxygen atoms in total. The highest BCUT2D eigenvalue weighted by Crippen LogP contribution is 2.19. The molecule has 138 valence electrons. The maximum absolute atomic E-state index is 12.5. The first kappa shape index (κ1) is 17.4. The van der Waals surface area contributed by atoms with Crippen molar-refractivity contribution in [2.75, 3.05) is 13.1 Å². The van der Waals surface area contributed by atoms with Crippen LogP contribution in [0.15, 0.2) is 59.7 Å². The summed E-state index contributed by atoms with van der Waals surface area (Å²) in [7, 11) is 0. The number of carbonyl (C=O) groups is 1. The second-order valence-electron chi connectivity index (χ2n) is 6.95. The van der Waals surface area contributed by atoms with Crippen molar-refractivity contribution in [3.05, 3.63) is 81.9 Å². The molecule has 3 aromatic rings. The van der Waals surface area contributed by atoms with Gasteiger partial charge < -0.3 is 5.32 Å². The molecule has 4 rings (SSSR count). The van der Waals surface area contributed by atoms with E-state index in [4.69, 9.17) is 0 Å². The van der Waals surface area contributed by atoms with E-state index in [1.165, 1.54) is 21.7 Å². The SMILES string of the molecule is CC(CNC(=O)c1cnc2ccccn2c1=O)N1CCc2ccccc2C1. The zero-order chi connectivity index (χ0) is 18.8. The van der Waals surface area contributed by atoms with Crippen molar-refractivity contribution in [1.82, 2.24) is 19.6 Å². The first-order valence-corrected chi connectivity index (χ1v) is 9.19. The van der Waals surface area contributed by atoms with Crippen LogP contribution in [0.2, 0.25) is 0 Å². The molecule has 0 fully saturated rings. The molecule has 0 radical (unpaired) electrons. The van der Waals surface area contributed by atoms with Crippen LogP contribution in [0.3, 0.4) is 0 Å². The summed E-state index contributed by atoms with van der Waals surface area (Å²) in [5.41, 5.74) is 2.99. The van der Waals surface area contributed by atoms with Gasteiger partial charge >= 0.3 is 0 Å². The molecule has 0 spiro atoms. The third-order valence-electron chi connectivity index (χ3n) is 5.20. The van der Waals surface area contributed by atoms with Gasteiger partial charge in [-0.1, -0.05) is 30.3 Å². The molecular formula is C21H22N4O2. The average Bonchev–Trinajstić information content (AvgIpc) is 2.72. The number of hydrogen-bond donors (Lipinski definition) is 1. The Morgan fingerprint density at radius 3 is 2.81 bits per heavy atom. The Balaban J connectivity index is 1.42. The molecule has 6 heteroatoms. The fraction of sp³-hybridized carbons (Fsp3) is 0.286. The molecule has 1 atom stereocenters. The van der Waals surface area contributed by atoms with Crippen LogP contribution in [0.25, 0.3) is 5.65 Å². The number of benzene rings is 1. The van der Waals surface area contributed by atoms with Crippen LogP contribution in [0.1, 0.15) is 28.4 Å². The highest BCUT2D eigenvalue weighted by atomic mass is 16.2. The summed E-state index contributed by atoms with van der Waals surface area (Å²) >= 11 is 0. The third-order valence-corrected chi connectivity index (χ3v) is 5.20. The summed E-state index contributed by atoms with van der Waals surface area (Å²) in [6.45, 7) is 4.43. The smallest absolute Gasteiger partial charge is 0.270 e. The largest absolute Gasteiger partial charge is 0.350 e. The molecule has 1 aliphatic heterocycles. The molecule has 0 aliphatic carbocycles. The van der Waals surface area contributed by atoms with E-state index in [0.29, 0.717) is 12.2 Å². The molecule has 0 saturated carbocycles. The van der Waals surface area contributed by atoms with Crippen LogP contribution in [0.5, 0.6) is 0 Å². The number of pyridine rings is 1. The van der Waals surface area contributed by atoms with Gasteiger partial charge in [-0.2, -0.15) is 0 Å². The molecule has 1 aliphatic rings. The Labute approximate surface area is 157 Å². The molecule has 1 unspecified atom stereocenters. The number of fused-ring (bicyclic) bond motifs is 2. The normalized spacial score (nSPS) is 15.3. The summed E-state index contributed by atoms with van der Waals surface area (Å²) < 4.78 is 1.39. The van der Waals surface area contributed by atoms with Crippen molar-refractivity contribution in [3.8, 4) is 0 Å². The summed E-state index contributed by atoms with van der Waals surface area (Å²) in [5.74, 6) is -0.380. The lowest BCUT2D eigenvalue weighted by atomic mass is 9.99. The number of nitrogens with zero attached hydrogens (tertiary/aromatic N) is 3. The van der Waals surface area contributed by atoms with Gasteiger partial charge in [0.2, 0.25) is 0 Å². The van der Waals surface area contributed by atoms with Crippen LogP contribution in [-0.4, -0.2) is 39.3 Å². The summed E-state index contributed by atoms with van der Waals surface area (Å²) in [5, 5.41) is 2.89. The standard InChI is InChI=1S/C21H22N4O2/c1-15(24-11-9-16-6-2-3-7-17(16)14-24)12-23-20(26)18-13-22-19-8-4-5-10-25(19)21(18)27/h2-8,10,13,15H,9,11-12,14H2,1H3,(H,23,26). The minimum Gasteiger partial charge on any atom is -0.350 e. The van der Waals surface area contributed by atoms with Crippen LogP contribution in [-0.2, 0) is 13.0 Å². The fourth-order valence-corrected chi connectivity index (χ4v) is 3.54. The Bertz CT molecular complexity index is 1040. The van der Waals surface area contributed by atoms with Crippen molar-refractivity contribution in [3.63, 3.8) is 0 Å². The summed E-state index contributed by atoms with van der Waals surface area (Å²) in [4.78, 5) is 31.6. The average molecular weight is 362 g/mol. The van der Waals surface area contributed by atoms with Crippen molar-refractivity contribution in [2.24, 2.45) is 0 Å². The van der Waals surface area contributed by atoms with Gasteiger partial charge in [-0.05, 0) is 36.6 Å². The van der Waals surface area contributed by atoms with Gasteiger partial charge in [-0.15, -0.1) is 0 Å². The number of amides is 1. The Morgan fingerprint density at radius 2 is 1.96 bits per heavy atom. The molecule has 27 heavy (non-hydrogen) atoms. The molecule has 1 N–H and O–H groups in total. The lowest BCUT2D eigenvalue weighted by molar-refractivity contribution is 0.0930. The van der Waals surface area contributed by atoms with Crippen molar-refractivity contribution in [1.29, 1.82) is 0 Å². The summed E-state index contributed by atoms with van der Waals surface area (Å²) in [6.07, 6.45) is 3.99. The van der Waals surface area contributed by atoms with E-state index >= 15 is 0 Å². The zero-order valence-corrected chi connectivity index (χ0v) is 15.3. The van der Waals surface area contributed by atoms with Gasteiger partial charge in [0.15, 0.2) is 0 Å². The summed E-state index contributed by atoms with van der Waals surface area (Å²) in [6, 6.07) is 13.9. The van der Waals surface area contributed by atoms with E-state index in [2.05, 4.69) is 46.4 Å². The molecule has 1 amide bonds. The maximum Gasteiger partial charge on any atom is 0.270 e. The van der Waals surface area contributed by atoms with Gasteiger partial charge in [0.05, 0.1) is 0 Å². The molecule has 0 saturated heterocycles. The Hall–Kier alpha value is -2.99. The predicted octanol–water partition coefficient (Wildman–Crippen LogP) is 1.87. The second-order valence-corrected chi connectivity index (χ2v) is 6.95. The van der Waals surface area contributed by atoms with E-state index in [1.54, 1.807) is 24.4 Å². The topological polar surface area (TPSA) is 66.7 Å². The molecule has 2 aromatic heterocycles. The van der Waals surface area contributed by atoms with Gasteiger partial charge in [0.25, 0.3) is 11.5 Å². The minimum atomic E-state index is -0.380. The lowest BCUT2D eigenvalue weighted by Gasteiger charge is -2.33. The quantitative estimate of drug-likeness (QED) is 0.769. The van der Waals surface area contributed by atoms with Crippen LogP contribution < -0.4 is 10.9 Å². The van der Waals surface area contributed by atoms with Gasteiger partial charge in [0.1, 0.15) is 11.2 Å². The minimum absolute atomic E-state index is 0.0647. The first-order valence-electron chi connectivity index (χ1n) is 9.19. The van der Waals surface area contributed by atoms with Gasteiger partial charge in [-0.3, -0.25) is 18.9 Å². The van der Waals surface area contributed by atoms with Crippen LogP contribution in [0, 0.1) is 0 Å². The molecular weight excluding hydrogens is 340 g/mol. The Kier molecular flexibility index (Phi) is 4.73. The maximum atomic E-state index is 12.5. The Morgan fingerprint density at radius 1 is 1.19 bits per heavy atom. The van der Waals surface area contributed by atoms with Crippen molar-refractivity contribution >= 4 is 11.6 Å². The number of rotatable bonds is 4. The van der Waals surface area contributed by atoms with E-state index in [0.717, 1.165) is 19.5 Å². The van der Waals surface area contributed by atoms with Crippen molar-refractivity contribution in [2.45, 2.75) is 25.9 Å². The fourth-order valence-electron chi connectivity index (χ4n) is 3.54. The van der Waals surface area contributed by atoms with Crippen LogP contribution >= 0.6 is 0 Å². The lowest BCUT2D eigenvalue weighted by Crippen LogP contribution is -2.45. The molecule has 3 heterocycles. The van der Waals surface area contributed by atoms with Gasteiger partial charge in [0, 0.05) is 38.1 Å². The number of carbonyl (C=O) groups excluding carboxylic acids is 1. The monoisotopic (exact) mass is 362 g/mol. The molecule has 1 aromatic carbocycles. The highest BCUT2D eigenvalue weighted by Gasteiger charge is 2.21. The zero-order valence-electron chi connectivity index (χ0n) is 15.3. The van der Waals surface area contributed by atoms with E-state index in [1.807, 2.05) is 0 Å². The number of aromatic nitrogens is 2. The van der Waals surface area contributed by atoms with Crippen LogP contribution in [0.4, 0.5) is 0 Å². The number of nitrogens with one attached hydrogen (secondary N) is 1. The highest BCUT2D eigenvalue weighted by molar-refractivity contribution is 5.93. The third kappa shape index (κ3) is 3.48. The molecule has 0 bridgehead atoms. The van der Waals surface area contributed by atoms with Crippen molar-refractivity contribution < 1.29 is 4.79 Å².